The molecule has 0 bridgehead atoms. The summed E-state index contributed by atoms with van der Waals surface area (Å²) in [6.07, 6.45) is 4.12. The summed E-state index contributed by atoms with van der Waals surface area (Å²) in [6.45, 7) is 4.41. The summed E-state index contributed by atoms with van der Waals surface area (Å²) in [6, 6.07) is 7.56. The van der Waals surface area contributed by atoms with Crippen LogP contribution in [0.25, 0.3) is 0 Å². The van der Waals surface area contributed by atoms with Crippen molar-refractivity contribution in [2.75, 3.05) is 11.9 Å². The standard InChI is InChI=1S/C15H22BrNO2/c1-3-5-6-7-14(15(18)19-4-2)17-13-10-8-12(16)9-11-13/h8-11,14,17H,3-7H2,1-2H3. The molecule has 0 amide bonds. The minimum Gasteiger partial charge on any atom is -0.464 e. The van der Waals surface area contributed by atoms with E-state index in [1.54, 1.807) is 0 Å². The average molecular weight is 328 g/mol. The SMILES string of the molecule is CCCCCC(Nc1ccc(Br)cc1)C(=O)OCC. The van der Waals surface area contributed by atoms with Gasteiger partial charge in [-0.3, -0.25) is 0 Å². The maximum atomic E-state index is 11.9. The Balaban J connectivity index is 2.61. The summed E-state index contributed by atoms with van der Waals surface area (Å²) >= 11 is 3.40. The van der Waals surface area contributed by atoms with Gasteiger partial charge < -0.3 is 10.1 Å². The van der Waals surface area contributed by atoms with Crippen LogP contribution >= 0.6 is 15.9 Å². The van der Waals surface area contributed by atoms with Gasteiger partial charge in [0.25, 0.3) is 0 Å². The van der Waals surface area contributed by atoms with Gasteiger partial charge in [-0.2, -0.15) is 0 Å². The first kappa shape index (κ1) is 16.0. The van der Waals surface area contributed by atoms with Gasteiger partial charge in [0.2, 0.25) is 0 Å². The number of esters is 1. The summed E-state index contributed by atoms with van der Waals surface area (Å²) in [7, 11) is 0. The van der Waals surface area contributed by atoms with Gasteiger partial charge in [0.05, 0.1) is 6.61 Å². The maximum absolute atomic E-state index is 11.9. The molecule has 0 aliphatic rings. The fraction of sp³-hybridized carbons (Fsp3) is 0.533. The molecule has 0 fully saturated rings. The van der Waals surface area contributed by atoms with E-state index in [0.29, 0.717) is 6.61 Å². The molecule has 0 aliphatic carbocycles. The minimum absolute atomic E-state index is 0.165. The molecule has 1 aromatic carbocycles. The van der Waals surface area contributed by atoms with Gasteiger partial charge in [0.15, 0.2) is 0 Å². The zero-order valence-corrected chi connectivity index (χ0v) is 13.2. The van der Waals surface area contributed by atoms with Crippen molar-refractivity contribution in [2.45, 2.75) is 45.6 Å². The van der Waals surface area contributed by atoms with Crippen molar-refractivity contribution in [3.63, 3.8) is 0 Å². The molecule has 0 saturated carbocycles. The van der Waals surface area contributed by atoms with Crippen LogP contribution in [0.4, 0.5) is 5.69 Å². The van der Waals surface area contributed by atoms with Crippen molar-refractivity contribution >= 4 is 27.6 Å². The van der Waals surface area contributed by atoms with Crippen LogP contribution in [0, 0.1) is 0 Å². The van der Waals surface area contributed by atoms with E-state index in [0.717, 1.165) is 35.8 Å². The number of halogens is 1. The smallest absolute Gasteiger partial charge is 0.328 e. The van der Waals surface area contributed by atoms with Crippen molar-refractivity contribution in [1.82, 2.24) is 0 Å². The monoisotopic (exact) mass is 327 g/mol. The van der Waals surface area contributed by atoms with Crippen molar-refractivity contribution in [3.8, 4) is 0 Å². The van der Waals surface area contributed by atoms with Gasteiger partial charge in [-0.25, -0.2) is 4.79 Å². The maximum Gasteiger partial charge on any atom is 0.328 e. The number of carbonyl (C=O) groups excluding carboxylic acids is 1. The third-order valence-electron chi connectivity index (χ3n) is 2.85. The van der Waals surface area contributed by atoms with Crippen molar-refractivity contribution < 1.29 is 9.53 Å². The number of carbonyl (C=O) groups is 1. The van der Waals surface area contributed by atoms with E-state index in [2.05, 4.69) is 28.2 Å². The van der Waals surface area contributed by atoms with Crippen molar-refractivity contribution in [2.24, 2.45) is 0 Å². The lowest BCUT2D eigenvalue weighted by Crippen LogP contribution is -2.31. The summed E-state index contributed by atoms with van der Waals surface area (Å²) in [5, 5.41) is 3.25. The number of hydrogen-bond donors (Lipinski definition) is 1. The van der Waals surface area contributed by atoms with Gasteiger partial charge in [-0.05, 0) is 37.6 Å². The second-order valence-electron chi connectivity index (χ2n) is 4.45. The lowest BCUT2D eigenvalue weighted by molar-refractivity contribution is -0.144. The van der Waals surface area contributed by atoms with Crippen LogP contribution in [-0.2, 0) is 9.53 Å². The van der Waals surface area contributed by atoms with Crippen LogP contribution in [0.1, 0.15) is 39.5 Å². The number of nitrogens with one attached hydrogen (secondary N) is 1. The molecule has 1 rings (SSSR count). The largest absolute Gasteiger partial charge is 0.464 e. The first-order chi connectivity index (χ1) is 9.17. The molecular weight excluding hydrogens is 306 g/mol. The first-order valence-corrected chi connectivity index (χ1v) is 7.65. The van der Waals surface area contributed by atoms with E-state index in [4.69, 9.17) is 4.74 Å². The Morgan fingerprint density at radius 2 is 1.95 bits per heavy atom. The van der Waals surface area contributed by atoms with Crippen LogP contribution < -0.4 is 5.32 Å². The third-order valence-corrected chi connectivity index (χ3v) is 3.38. The van der Waals surface area contributed by atoms with E-state index in [-0.39, 0.29) is 12.0 Å². The Kier molecular flexibility index (Phi) is 7.56. The Morgan fingerprint density at radius 1 is 1.26 bits per heavy atom. The predicted molar refractivity (Wildman–Crippen MR) is 82.3 cm³/mol. The fourth-order valence-corrected chi connectivity index (χ4v) is 2.10. The van der Waals surface area contributed by atoms with Gasteiger partial charge in [0.1, 0.15) is 6.04 Å². The molecule has 0 heterocycles. The Morgan fingerprint density at radius 3 is 2.53 bits per heavy atom. The van der Waals surface area contributed by atoms with Crippen LogP contribution in [-0.4, -0.2) is 18.6 Å². The molecule has 1 N–H and O–H groups in total. The van der Waals surface area contributed by atoms with Crippen LogP contribution in [0.3, 0.4) is 0 Å². The van der Waals surface area contributed by atoms with Gasteiger partial charge in [-0.1, -0.05) is 42.1 Å². The number of hydrogen-bond acceptors (Lipinski definition) is 3. The number of benzene rings is 1. The molecule has 4 heteroatoms. The van der Waals surface area contributed by atoms with E-state index < -0.39 is 0 Å². The molecule has 1 atom stereocenters. The van der Waals surface area contributed by atoms with Gasteiger partial charge in [0, 0.05) is 10.2 Å². The molecule has 0 aromatic heterocycles. The predicted octanol–water partition coefficient (Wildman–Crippen LogP) is 4.37. The lowest BCUT2D eigenvalue weighted by Gasteiger charge is -2.18. The number of unbranched alkanes of at least 4 members (excludes halogenated alkanes) is 2. The summed E-state index contributed by atoms with van der Waals surface area (Å²) < 4.78 is 6.14. The Hall–Kier alpha value is -1.03. The molecule has 0 saturated heterocycles. The first-order valence-electron chi connectivity index (χ1n) is 6.86. The normalized spacial score (nSPS) is 11.9. The molecule has 1 aromatic rings. The summed E-state index contributed by atoms with van der Waals surface area (Å²) in [4.78, 5) is 11.9. The topological polar surface area (TPSA) is 38.3 Å². The molecule has 3 nitrogen and oxygen atoms in total. The second-order valence-corrected chi connectivity index (χ2v) is 5.37. The van der Waals surface area contributed by atoms with Gasteiger partial charge >= 0.3 is 5.97 Å². The summed E-state index contributed by atoms with van der Waals surface area (Å²) in [5.41, 5.74) is 0.942. The highest BCUT2D eigenvalue weighted by molar-refractivity contribution is 9.10. The molecule has 0 aliphatic heterocycles. The molecule has 0 radical (unpaired) electrons. The van der Waals surface area contributed by atoms with Crippen molar-refractivity contribution in [1.29, 1.82) is 0 Å². The zero-order chi connectivity index (χ0) is 14.1. The number of anilines is 1. The lowest BCUT2D eigenvalue weighted by atomic mass is 10.1. The van der Waals surface area contributed by atoms with Crippen LogP contribution in [0.2, 0.25) is 0 Å². The molecule has 1 unspecified atom stereocenters. The van der Waals surface area contributed by atoms with E-state index >= 15 is 0 Å². The molecule has 19 heavy (non-hydrogen) atoms. The molecule has 106 valence electrons. The zero-order valence-electron chi connectivity index (χ0n) is 11.6. The Bertz CT molecular complexity index is 378. The van der Waals surface area contributed by atoms with E-state index in [1.807, 2.05) is 31.2 Å². The fourth-order valence-electron chi connectivity index (χ4n) is 1.84. The van der Waals surface area contributed by atoms with Gasteiger partial charge in [-0.15, -0.1) is 0 Å². The Labute approximate surface area is 123 Å². The molecular formula is C15H22BrNO2. The highest BCUT2D eigenvalue weighted by atomic mass is 79.9. The number of ether oxygens (including phenoxy) is 1. The average Bonchev–Trinajstić information content (AvgIpc) is 2.40. The minimum atomic E-state index is -0.257. The quantitative estimate of drug-likeness (QED) is 0.569. The second kappa shape index (κ2) is 8.97. The highest BCUT2D eigenvalue weighted by Crippen LogP contribution is 2.17. The number of rotatable bonds is 8. The third kappa shape index (κ3) is 6.10. The van der Waals surface area contributed by atoms with E-state index in [9.17, 15) is 4.79 Å². The van der Waals surface area contributed by atoms with Crippen molar-refractivity contribution in [3.05, 3.63) is 28.7 Å². The van der Waals surface area contributed by atoms with Crippen LogP contribution in [0.15, 0.2) is 28.7 Å². The summed E-state index contributed by atoms with van der Waals surface area (Å²) in [5.74, 6) is -0.165. The van der Waals surface area contributed by atoms with Crippen LogP contribution in [0.5, 0.6) is 0 Å². The van der Waals surface area contributed by atoms with E-state index in [1.165, 1.54) is 0 Å². The molecule has 0 spiro atoms. The highest BCUT2D eigenvalue weighted by Gasteiger charge is 2.18.